The van der Waals surface area contributed by atoms with Crippen molar-refractivity contribution in [3.63, 3.8) is 0 Å². The number of halogens is 1. The van der Waals surface area contributed by atoms with Crippen LogP contribution < -0.4 is 0 Å². The van der Waals surface area contributed by atoms with Crippen molar-refractivity contribution in [3.8, 4) is 0 Å². The molecule has 0 saturated heterocycles. The van der Waals surface area contributed by atoms with Gasteiger partial charge in [-0.2, -0.15) is 0 Å². The van der Waals surface area contributed by atoms with Gasteiger partial charge in [0.2, 0.25) is 0 Å². The van der Waals surface area contributed by atoms with Crippen LogP contribution in [0.2, 0.25) is 0 Å². The Hall–Kier alpha value is -1.38. The van der Waals surface area contributed by atoms with Crippen LogP contribution in [0.15, 0.2) is 48.7 Å². The monoisotopic (exact) mass is 261 g/mol. The fourth-order valence-corrected chi connectivity index (χ4v) is 2.12. The number of rotatable bonds is 4. The van der Waals surface area contributed by atoms with Crippen molar-refractivity contribution in [2.45, 2.75) is 24.8 Å². The normalized spacial score (nSPS) is 14.2. The molecule has 2 atom stereocenters. The van der Waals surface area contributed by atoms with Crippen molar-refractivity contribution in [3.05, 3.63) is 65.5 Å². The minimum atomic E-state index is -0.630. The van der Waals surface area contributed by atoms with Crippen molar-refractivity contribution in [1.82, 2.24) is 4.98 Å². The lowest BCUT2D eigenvalue weighted by molar-refractivity contribution is 0.161. The first-order chi connectivity index (χ1) is 8.66. The molecule has 2 nitrogen and oxygen atoms in total. The largest absolute Gasteiger partial charge is 0.387 e. The van der Waals surface area contributed by atoms with E-state index in [-0.39, 0.29) is 5.38 Å². The number of aliphatic hydroxyl groups excluding tert-OH is 1. The van der Waals surface area contributed by atoms with Gasteiger partial charge in [-0.15, -0.1) is 11.6 Å². The lowest BCUT2D eigenvalue weighted by atomic mass is 10.0. The zero-order valence-electron chi connectivity index (χ0n) is 10.3. The first-order valence-corrected chi connectivity index (χ1v) is 6.40. The second-order valence-electron chi connectivity index (χ2n) is 4.38. The second-order valence-corrected chi connectivity index (χ2v) is 4.91. The number of aryl methyl sites for hydroxylation is 1. The van der Waals surface area contributed by atoms with Crippen molar-refractivity contribution < 1.29 is 5.11 Å². The van der Waals surface area contributed by atoms with Crippen LogP contribution >= 0.6 is 11.6 Å². The molecule has 0 saturated carbocycles. The average molecular weight is 262 g/mol. The van der Waals surface area contributed by atoms with Crippen LogP contribution in [-0.2, 0) is 0 Å². The molecular formula is C15H16ClNO. The van der Waals surface area contributed by atoms with Crippen LogP contribution in [0.4, 0.5) is 0 Å². The Morgan fingerprint density at radius 2 is 1.89 bits per heavy atom. The van der Waals surface area contributed by atoms with Crippen LogP contribution in [0.25, 0.3) is 0 Å². The van der Waals surface area contributed by atoms with Gasteiger partial charge in [-0.3, -0.25) is 4.98 Å². The maximum absolute atomic E-state index is 10.1. The molecule has 2 aromatic rings. The smallest absolute Gasteiger partial charge is 0.0977 e. The highest BCUT2D eigenvalue weighted by Gasteiger charge is 2.16. The first kappa shape index (κ1) is 13.1. The van der Waals surface area contributed by atoms with Gasteiger partial charge < -0.3 is 5.11 Å². The molecule has 0 spiro atoms. The second kappa shape index (κ2) is 5.98. The molecule has 0 radical (unpaired) electrons. The number of aliphatic hydroxyl groups is 1. The topological polar surface area (TPSA) is 33.1 Å². The fourth-order valence-electron chi connectivity index (χ4n) is 1.80. The zero-order valence-corrected chi connectivity index (χ0v) is 11.0. The molecule has 0 amide bonds. The van der Waals surface area contributed by atoms with Crippen molar-refractivity contribution in [1.29, 1.82) is 0 Å². The summed E-state index contributed by atoms with van der Waals surface area (Å²) in [4.78, 5) is 4.13. The standard InChI is InChI=1S/C15H16ClNO/c1-11-5-7-12(8-6-11)13(16)10-15(18)14-4-2-3-9-17-14/h2-9,13,15,18H,10H2,1H3/t13-,15-/m0/s1. The number of hydrogen-bond donors (Lipinski definition) is 1. The van der Waals surface area contributed by atoms with Gasteiger partial charge in [-0.25, -0.2) is 0 Å². The minimum absolute atomic E-state index is 0.206. The Balaban J connectivity index is 2.03. The fraction of sp³-hybridized carbons (Fsp3) is 0.267. The van der Waals surface area contributed by atoms with Gasteiger partial charge in [-0.1, -0.05) is 35.9 Å². The molecule has 2 rings (SSSR count). The van der Waals surface area contributed by atoms with E-state index in [0.29, 0.717) is 12.1 Å². The third kappa shape index (κ3) is 3.31. The number of pyridine rings is 1. The highest BCUT2D eigenvalue weighted by molar-refractivity contribution is 6.20. The summed E-state index contributed by atoms with van der Waals surface area (Å²) in [6.45, 7) is 2.04. The van der Waals surface area contributed by atoms with Gasteiger partial charge in [0.25, 0.3) is 0 Å². The van der Waals surface area contributed by atoms with Gasteiger partial charge >= 0.3 is 0 Å². The number of aromatic nitrogens is 1. The van der Waals surface area contributed by atoms with Crippen LogP contribution in [0.5, 0.6) is 0 Å². The molecule has 18 heavy (non-hydrogen) atoms. The Labute approximate surface area is 112 Å². The SMILES string of the molecule is Cc1ccc([C@@H](Cl)C[C@H](O)c2ccccn2)cc1. The Morgan fingerprint density at radius 3 is 2.50 bits per heavy atom. The van der Waals surface area contributed by atoms with Crippen LogP contribution in [0.3, 0.4) is 0 Å². The summed E-state index contributed by atoms with van der Waals surface area (Å²) in [6, 6.07) is 13.5. The van der Waals surface area contributed by atoms with Crippen LogP contribution in [-0.4, -0.2) is 10.1 Å². The summed E-state index contributed by atoms with van der Waals surface area (Å²) >= 11 is 6.32. The molecule has 1 N–H and O–H groups in total. The Morgan fingerprint density at radius 1 is 1.17 bits per heavy atom. The van der Waals surface area contributed by atoms with Gasteiger partial charge in [0.1, 0.15) is 0 Å². The third-order valence-electron chi connectivity index (χ3n) is 2.90. The summed E-state index contributed by atoms with van der Waals surface area (Å²) in [5.74, 6) is 0. The molecule has 0 bridgehead atoms. The van der Waals surface area contributed by atoms with Gasteiger partial charge in [-0.05, 0) is 31.0 Å². The number of alkyl halides is 1. The molecule has 1 heterocycles. The number of benzene rings is 1. The lowest BCUT2D eigenvalue weighted by Gasteiger charge is -2.15. The summed E-state index contributed by atoms with van der Waals surface area (Å²) in [6.07, 6.45) is 1.50. The third-order valence-corrected chi connectivity index (χ3v) is 3.33. The average Bonchev–Trinajstić information content (AvgIpc) is 2.40. The predicted molar refractivity (Wildman–Crippen MR) is 73.6 cm³/mol. The maximum Gasteiger partial charge on any atom is 0.0977 e. The number of nitrogens with zero attached hydrogens (tertiary/aromatic N) is 1. The van der Waals surface area contributed by atoms with E-state index in [9.17, 15) is 5.11 Å². The van der Waals surface area contributed by atoms with Gasteiger partial charge in [0.05, 0.1) is 17.2 Å². The molecular weight excluding hydrogens is 246 g/mol. The molecule has 0 unspecified atom stereocenters. The zero-order chi connectivity index (χ0) is 13.0. The van der Waals surface area contributed by atoms with Gasteiger partial charge in [0, 0.05) is 6.20 Å². The molecule has 0 aliphatic heterocycles. The molecule has 0 aliphatic rings. The van der Waals surface area contributed by atoms with E-state index in [0.717, 1.165) is 5.56 Å². The van der Waals surface area contributed by atoms with E-state index in [2.05, 4.69) is 4.98 Å². The van der Waals surface area contributed by atoms with E-state index in [4.69, 9.17) is 11.6 Å². The summed E-state index contributed by atoms with van der Waals surface area (Å²) in [5.41, 5.74) is 2.89. The first-order valence-electron chi connectivity index (χ1n) is 5.96. The van der Waals surface area contributed by atoms with Gasteiger partial charge in [0.15, 0.2) is 0 Å². The van der Waals surface area contributed by atoms with E-state index in [1.54, 1.807) is 6.20 Å². The maximum atomic E-state index is 10.1. The molecule has 0 aliphatic carbocycles. The van der Waals surface area contributed by atoms with Crippen LogP contribution in [0.1, 0.15) is 34.7 Å². The summed E-state index contributed by atoms with van der Waals surface area (Å²) < 4.78 is 0. The lowest BCUT2D eigenvalue weighted by Crippen LogP contribution is -2.03. The molecule has 3 heteroatoms. The van der Waals surface area contributed by atoms with E-state index >= 15 is 0 Å². The summed E-state index contributed by atoms with van der Waals surface area (Å²) in [7, 11) is 0. The molecule has 94 valence electrons. The quantitative estimate of drug-likeness (QED) is 0.850. The Kier molecular flexibility index (Phi) is 4.34. The molecule has 0 fully saturated rings. The van der Waals surface area contributed by atoms with Crippen LogP contribution in [0, 0.1) is 6.92 Å². The number of hydrogen-bond acceptors (Lipinski definition) is 2. The predicted octanol–water partition coefficient (Wildman–Crippen LogP) is 3.79. The Bertz CT molecular complexity index is 484. The molecule has 1 aromatic heterocycles. The van der Waals surface area contributed by atoms with Crippen molar-refractivity contribution in [2.24, 2.45) is 0 Å². The summed E-state index contributed by atoms with van der Waals surface area (Å²) in [5, 5.41) is 9.85. The van der Waals surface area contributed by atoms with E-state index in [1.807, 2.05) is 49.4 Å². The highest BCUT2D eigenvalue weighted by atomic mass is 35.5. The molecule has 1 aromatic carbocycles. The van der Waals surface area contributed by atoms with Crippen molar-refractivity contribution >= 4 is 11.6 Å². The highest BCUT2D eigenvalue weighted by Crippen LogP contribution is 2.30. The van der Waals surface area contributed by atoms with E-state index < -0.39 is 6.10 Å². The minimum Gasteiger partial charge on any atom is -0.387 e. The van der Waals surface area contributed by atoms with E-state index in [1.165, 1.54) is 5.56 Å². The van der Waals surface area contributed by atoms with Crippen molar-refractivity contribution in [2.75, 3.05) is 0 Å².